The van der Waals surface area contributed by atoms with E-state index in [0.717, 1.165) is 27.4 Å². The molecular weight excluding hydrogens is 526 g/mol. The van der Waals surface area contributed by atoms with E-state index in [0.29, 0.717) is 40.5 Å². The number of carbonyl (C=O) groups is 2. The summed E-state index contributed by atoms with van der Waals surface area (Å²) in [4.78, 5) is 47.4. The Bertz CT molecular complexity index is 2050. The molecule has 7 aromatic rings. The summed E-state index contributed by atoms with van der Waals surface area (Å²) in [7, 11) is 0. The second-order valence-corrected chi connectivity index (χ2v) is 10.0. The number of benzene rings is 4. The molecule has 9 heteroatoms. The average Bonchev–Trinajstić information content (AvgIpc) is 3.65. The molecule has 0 bridgehead atoms. The van der Waals surface area contributed by atoms with Crippen LogP contribution in [0.5, 0.6) is 0 Å². The molecule has 0 aliphatic rings. The monoisotopic (exact) mass is 551 g/mol. The van der Waals surface area contributed by atoms with Gasteiger partial charge in [-0.15, -0.1) is 0 Å². The predicted octanol–water partition coefficient (Wildman–Crippen LogP) is 5.63. The average molecular weight is 552 g/mol. The lowest BCUT2D eigenvalue weighted by molar-refractivity contribution is -0.118. The maximum atomic E-state index is 13.7. The zero-order valence-corrected chi connectivity index (χ0v) is 22.3. The van der Waals surface area contributed by atoms with Gasteiger partial charge in [0, 0.05) is 18.0 Å². The Morgan fingerprint density at radius 1 is 0.762 bits per heavy atom. The topological polar surface area (TPSA) is 128 Å². The molecule has 0 spiro atoms. The van der Waals surface area contributed by atoms with E-state index in [4.69, 9.17) is 4.98 Å². The number of amides is 2. The number of carbonyl (C=O) groups excluding carboxylic acids is 2. The molecule has 204 valence electrons. The summed E-state index contributed by atoms with van der Waals surface area (Å²) >= 11 is 0. The number of aromatic amines is 2. The Morgan fingerprint density at radius 3 is 2.38 bits per heavy atom. The van der Waals surface area contributed by atoms with Crippen LogP contribution in [0.4, 0.5) is 5.95 Å². The fourth-order valence-corrected chi connectivity index (χ4v) is 5.06. The van der Waals surface area contributed by atoms with Crippen LogP contribution in [0.25, 0.3) is 44.4 Å². The van der Waals surface area contributed by atoms with Gasteiger partial charge >= 0.3 is 0 Å². The van der Waals surface area contributed by atoms with Crippen LogP contribution in [0.3, 0.4) is 0 Å². The second-order valence-electron chi connectivity index (χ2n) is 10.0. The number of pyridine rings is 1. The lowest BCUT2D eigenvalue weighted by Gasteiger charge is -2.18. The SMILES string of the molecule is O=C(N[C@@H](Cc1ccccc1)C(=O)Nc1nc2ccccc2[nH]1)c1cccc2[nH]c(-c3cc4ccccc4cn3)nc12. The van der Waals surface area contributed by atoms with Gasteiger partial charge in [0.1, 0.15) is 17.3 Å². The van der Waals surface area contributed by atoms with Crippen molar-refractivity contribution in [1.29, 1.82) is 0 Å². The molecule has 3 heterocycles. The van der Waals surface area contributed by atoms with Crippen molar-refractivity contribution in [3.05, 3.63) is 120 Å². The molecule has 0 saturated heterocycles. The largest absolute Gasteiger partial charge is 0.340 e. The third kappa shape index (κ3) is 4.95. The number of nitrogens with zero attached hydrogens (tertiary/aromatic N) is 3. The van der Waals surface area contributed by atoms with Crippen molar-refractivity contribution < 1.29 is 9.59 Å². The van der Waals surface area contributed by atoms with Crippen LogP contribution in [-0.4, -0.2) is 42.8 Å². The van der Waals surface area contributed by atoms with E-state index in [1.807, 2.05) is 91.0 Å². The number of hydrogen-bond donors (Lipinski definition) is 4. The second kappa shape index (κ2) is 10.6. The lowest BCUT2D eigenvalue weighted by Crippen LogP contribution is -2.45. The zero-order chi connectivity index (χ0) is 28.5. The minimum atomic E-state index is -0.871. The van der Waals surface area contributed by atoms with Gasteiger partial charge in [0.15, 0.2) is 5.82 Å². The normalized spacial score (nSPS) is 12.0. The highest BCUT2D eigenvalue weighted by Gasteiger charge is 2.25. The summed E-state index contributed by atoms with van der Waals surface area (Å²) in [6.45, 7) is 0. The first kappa shape index (κ1) is 25.2. The van der Waals surface area contributed by atoms with Gasteiger partial charge in [-0.1, -0.05) is 72.8 Å². The summed E-state index contributed by atoms with van der Waals surface area (Å²) in [5.74, 6) is 0.0715. The summed E-state index contributed by atoms with van der Waals surface area (Å²) in [6, 6.07) is 31.5. The fourth-order valence-electron chi connectivity index (χ4n) is 5.06. The Hall–Kier alpha value is -5.83. The fraction of sp³-hybridized carbons (Fsp3) is 0.0606. The van der Waals surface area contributed by atoms with E-state index in [2.05, 4.69) is 30.6 Å². The smallest absolute Gasteiger partial charge is 0.254 e. The Labute approximate surface area is 240 Å². The third-order valence-corrected chi connectivity index (χ3v) is 7.17. The number of fused-ring (bicyclic) bond motifs is 3. The van der Waals surface area contributed by atoms with Gasteiger partial charge in [-0.3, -0.25) is 19.9 Å². The maximum absolute atomic E-state index is 13.7. The molecule has 0 fully saturated rings. The van der Waals surface area contributed by atoms with Crippen molar-refractivity contribution in [3.8, 4) is 11.5 Å². The Balaban J connectivity index is 1.18. The molecule has 4 aromatic carbocycles. The molecule has 0 radical (unpaired) electrons. The number of anilines is 1. The molecule has 2 amide bonds. The summed E-state index contributed by atoms with van der Waals surface area (Å²) in [5.41, 5.74) is 4.66. The van der Waals surface area contributed by atoms with E-state index < -0.39 is 11.9 Å². The van der Waals surface area contributed by atoms with E-state index in [1.54, 1.807) is 18.3 Å². The van der Waals surface area contributed by atoms with E-state index in [-0.39, 0.29) is 5.91 Å². The first-order valence-corrected chi connectivity index (χ1v) is 13.5. The molecule has 7 rings (SSSR count). The molecule has 1 atom stereocenters. The van der Waals surface area contributed by atoms with Gasteiger partial charge in [0.05, 0.1) is 22.1 Å². The van der Waals surface area contributed by atoms with Gasteiger partial charge in [0.2, 0.25) is 11.9 Å². The van der Waals surface area contributed by atoms with E-state index >= 15 is 0 Å². The lowest BCUT2D eigenvalue weighted by atomic mass is 10.0. The Morgan fingerprint density at radius 2 is 1.52 bits per heavy atom. The molecule has 3 aromatic heterocycles. The molecule has 9 nitrogen and oxygen atoms in total. The van der Waals surface area contributed by atoms with Crippen LogP contribution >= 0.6 is 0 Å². The highest BCUT2D eigenvalue weighted by atomic mass is 16.2. The highest BCUT2D eigenvalue weighted by Crippen LogP contribution is 2.24. The molecule has 0 aliphatic carbocycles. The Kier molecular flexibility index (Phi) is 6.36. The number of hydrogen-bond acceptors (Lipinski definition) is 5. The molecule has 0 aliphatic heterocycles. The highest BCUT2D eigenvalue weighted by molar-refractivity contribution is 6.07. The maximum Gasteiger partial charge on any atom is 0.254 e. The molecule has 0 unspecified atom stereocenters. The van der Waals surface area contributed by atoms with Crippen molar-refractivity contribution >= 4 is 50.6 Å². The van der Waals surface area contributed by atoms with Gasteiger partial charge in [-0.25, -0.2) is 9.97 Å². The van der Waals surface area contributed by atoms with Crippen LogP contribution in [0.15, 0.2) is 109 Å². The van der Waals surface area contributed by atoms with Crippen LogP contribution in [0, 0.1) is 0 Å². The minimum absolute atomic E-state index is 0.293. The van der Waals surface area contributed by atoms with Crippen molar-refractivity contribution in [2.45, 2.75) is 12.5 Å². The number of nitrogens with one attached hydrogen (secondary N) is 4. The number of para-hydroxylation sites is 3. The van der Waals surface area contributed by atoms with Crippen LogP contribution in [0.1, 0.15) is 15.9 Å². The molecule has 42 heavy (non-hydrogen) atoms. The van der Waals surface area contributed by atoms with Gasteiger partial charge in [-0.05, 0) is 41.3 Å². The predicted molar refractivity (Wildman–Crippen MR) is 163 cm³/mol. The summed E-state index contributed by atoms with van der Waals surface area (Å²) < 4.78 is 0. The number of aromatic nitrogens is 5. The van der Waals surface area contributed by atoms with Crippen molar-refractivity contribution in [3.63, 3.8) is 0 Å². The standard InChI is InChI=1S/C33H25N7O2/c41-31(23-13-8-16-26-29(23)39-30(35-26)27-18-21-11-4-5-12-22(21)19-34-27)36-28(17-20-9-2-1-3-10-20)32(42)40-33-37-24-14-6-7-15-25(24)38-33/h1-16,18-19,28H,17H2,(H,35,39)(H,36,41)(H2,37,38,40,42)/t28-/m0/s1. The third-order valence-electron chi connectivity index (χ3n) is 7.17. The molecule has 4 N–H and O–H groups in total. The van der Waals surface area contributed by atoms with Gasteiger partial charge in [-0.2, -0.15) is 0 Å². The van der Waals surface area contributed by atoms with Crippen LogP contribution in [-0.2, 0) is 11.2 Å². The van der Waals surface area contributed by atoms with Gasteiger partial charge in [0.25, 0.3) is 5.91 Å². The first-order valence-electron chi connectivity index (χ1n) is 13.5. The zero-order valence-electron chi connectivity index (χ0n) is 22.3. The summed E-state index contributed by atoms with van der Waals surface area (Å²) in [6.07, 6.45) is 2.10. The summed E-state index contributed by atoms with van der Waals surface area (Å²) in [5, 5.41) is 7.85. The number of rotatable bonds is 7. The van der Waals surface area contributed by atoms with Gasteiger partial charge < -0.3 is 15.3 Å². The van der Waals surface area contributed by atoms with E-state index in [9.17, 15) is 9.59 Å². The van der Waals surface area contributed by atoms with Crippen LogP contribution < -0.4 is 10.6 Å². The number of imidazole rings is 2. The molecular formula is C33H25N7O2. The van der Waals surface area contributed by atoms with E-state index in [1.165, 1.54) is 0 Å². The molecule has 0 saturated carbocycles. The van der Waals surface area contributed by atoms with Crippen molar-refractivity contribution in [2.75, 3.05) is 5.32 Å². The number of H-pyrrole nitrogens is 2. The van der Waals surface area contributed by atoms with Crippen molar-refractivity contribution in [1.82, 2.24) is 30.2 Å². The van der Waals surface area contributed by atoms with Crippen molar-refractivity contribution in [2.24, 2.45) is 0 Å². The quantitative estimate of drug-likeness (QED) is 0.204. The first-order chi connectivity index (χ1) is 20.6. The minimum Gasteiger partial charge on any atom is -0.340 e. The van der Waals surface area contributed by atoms with Crippen LogP contribution in [0.2, 0.25) is 0 Å².